The third-order valence-electron chi connectivity index (χ3n) is 4.66. The first-order valence-electron chi connectivity index (χ1n) is 8.22. The summed E-state index contributed by atoms with van der Waals surface area (Å²) in [6.07, 6.45) is -9.37. The average molecular weight is 436 g/mol. The molecule has 2 aromatic rings. The van der Waals surface area contributed by atoms with Crippen molar-refractivity contribution in [2.45, 2.75) is 30.1 Å². The van der Waals surface area contributed by atoms with Crippen molar-refractivity contribution in [3.63, 3.8) is 0 Å². The molecule has 0 fully saturated rings. The first-order valence-corrected chi connectivity index (χ1v) is 9.77. The van der Waals surface area contributed by atoms with Gasteiger partial charge in [0.2, 0.25) is 10.0 Å². The fraction of sp³-hybridized carbons (Fsp3) is 0.278. The number of benzene rings is 1. The Hall–Kier alpha value is -2.40. The third kappa shape index (κ3) is 4.61. The summed E-state index contributed by atoms with van der Waals surface area (Å²) in [5.74, 6) is -1.71. The van der Waals surface area contributed by atoms with E-state index in [1.54, 1.807) is 0 Å². The highest BCUT2D eigenvalue weighted by atomic mass is 32.2. The van der Waals surface area contributed by atoms with Gasteiger partial charge in [-0.15, -0.1) is 0 Å². The Bertz CT molecular complexity index is 1040. The zero-order chi connectivity index (χ0) is 21.6. The normalized spacial score (nSPS) is 18.4. The van der Waals surface area contributed by atoms with Crippen LogP contribution in [0.5, 0.6) is 0 Å². The first kappa shape index (κ1) is 21.3. The molecule has 11 heteroatoms. The number of nitrogens with two attached hydrogens (primary N) is 1. The van der Waals surface area contributed by atoms with Crippen molar-refractivity contribution in [3.8, 4) is 0 Å². The molecule has 1 atom stereocenters. The molecule has 29 heavy (non-hydrogen) atoms. The molecule has 1 aliphatic carbocycles. The lowest BCUT2D eigenvalue weighted by Gasteiger charge is -2.14. The maximum atomic E-state index is 13.3. The third-order valence-corrected chi connectivity index (χ3v) is 5.59. The Morgan fingerprint density at radius 1 is 0.897 bits per heavy atom. The molecule has 0 bridgehead atoms. The molecule has 0 saturated carbocycles. The van der Waals surface area contributed by atoms with Crippen LogP contribution in [0.1, 0.15) is 29.7 Å². The second-order valence-electron chi connectivity index (χ2n) is 6.60. The Labute approximate surface area is 162 Å². The summed E-state index contributed by atoms with van der Waals surface area (Å²) in [6, 6.07) is 6.76. The second-order valence-corrected chi connectivity index (χ2v) is 8.16. The molecule has 4 nitrogen and oxygen atoms in total. The number of aromatic nitrogens is 1. The van der Waals surface area contributed by atoms with Crippen LogP contribution in [0.4, 0.5) is 26.3 Å². The highest BCUT2D eigenvalue weighted by Gasteiger charge is 2.44. The van der Waals surface area contributed by atoms with E-state index in [0.717, 1.165) is 24.3 Å². The predicted octanol–water partition coefficient (Wildman–Crippen LogP) is 4.63. The average Bonchev–Trinajstić information content (AvgIpc) is 3.06. The van der Waals surface area contributed by atoms with Gasteiger partial charge in [-0.05, 0) is 53.8 Å². The van der Waals surface area contributed by atoms with Gasteiger partial charge in [0.05, 0.1) is 22.1 Å². The molecule has 1 aromatic heterocycles. The molecule has 0 aliphatic heterocycles. The van der Waals surface area contributed by atoms with E-state index in [0.29, 0.717) is 11.8 Å². The molecule has 156 valence electrons. The van der Waals surface area contributed by atoms with Crippen molar-refractivity contribution < 1.29 is 34.8 Å². The minimum Gasteiger partial charge on any atom is -0.256 e. The van der Waals surface area contributed by atoms with Gasteiger partial charge in [-0.3, -0.25) is 4.98 Å². The number of rotatable bonds is 3. The number of hydrogen-bond donors (Lipinski definition) is 1. The zero-order valence-corrected chi connectivity index (χ0v) is 15.4. The fourth-order valence-electron chi connectivity index (χ4n) is 3.18. The van der Waals surface area contributed by atoms with Crippen molar-refractivity contribution in [2.75, 3.05) is 0 Å². The largest absolute Gasteiger partial charge is 0.417 e. The Morgan fingerprint density at radius 2 is 1.48 bits per heavy atom. The topological polar surface area (TPSA) is 73.1 Å². The van der Waals surface area contributed by atoms with E-state index < -0.39 is 46.7 Å². The van der Waals surface area contributed by atoms with E-state index in [9.17, 15) is 34.8 Å². The molecule has 1 unspecified atom stereocenters. The SMILES string of the molecule is NS(=O)(=O)c1ccc(C2=C(c3ccc(C(F)(F)F)cn3)CC(C(F)(F)F)C2)cc1. The van der Waals surface area contributed by atoms with E-state index in [1.807, 2.05) is 0 Å². The van der Waals surface area contributed by atoms with Crippen LogP contribution in [-0.4, -0.2) is 19.6 Å². The molecule has 3 rings (SSSR count). The second kappa shape index (κ2) is 7.13. The summed E-state index contributed by atoms with van der Waals surface area (Å²) < 4.78 is 101. The summed E-state index contributed by atoms with van der Waals surface area (Å²) in [5, 5.41) is 5.02. The van der Waals surface area contributed by atoms with Crippen LogP contribution in [0.15, 0.2) is 47.5 Å². The van der Waals surface area contributed by atoms with Crippen LogP contribution in [0.2, 0.25) is 0 Å². The summed E-state index contributed by atoms with van der Waals surface area (Å²) in [7, 11) is -3.98. The van der Waals surface area contributed by atoms with Crippen molar-refractivity contribution in [2.24, 2.45) is 11.1 Å². The Balaban J connectivity index is 2.05. The lowest BCUT2D eigenvalue weighted by atomic mass is 9.99. The maximum Gasteiger partial charge on any atom is 0.417 e. The molecule has 1 aromatic carbocycles. The molecular weight excluding hydrogens is 422 g/mol. The number of halogens is 6. The number of allylic oxidation sites excluding steroid dienone is 2. The number of pyridine rings is 1. The van der Waals surface area contributed by atoms with Gasteiger partial charge in [0, 0.05) is 6.20 Å². The molecule has 1 aliphatic rings. The molecular formula is C18H14F6N2O2S. The predicted molar refractivity (Wildman–Crippen MR) is 92.6 cm³/mol. The van der Waals surface area contributed by atoms with Crippen molar-refractivity contribution in [1.82, 2.24) is 4.98 Å². The lowest BCUT2D eigenvalue weighted by molar-refractivity contribution is -0.170. The Kier molecular flexibility index (Phi) is 5.24. The summed E-state index contributed by atoms with van der Waals surface area (Å²) >= 11 is 0. The number of nitrogens with zero attached hydrogens (tertiary/aromatic N) is 1. The van der Waals surface area contributed by atoms with Crippen molar-refractivity contribution >= 4 is 21.2 Å². The van der Waals surface area contributed by atoms with Crippen LogP contribution >= 0.6 is 0 Å². The minimum atomic E-state index is -4.61. The van der Waals surface area contributed by atoms with Crippen molar-refractivity contribution in [3.05, 3.63) is 59.4 Å². The lowest BCUT2D eigenvalue weighted by Crippen LogP contribution is -2.20. The minimum absolute atomic E-state index is 0.00951. The monoisotopic (exact) mass is 436 g/mol. The highest BCUT2D eigenvalue weighted by molar-refractivity contribution is 7.89. The van der Waals surface area contributed by atoms with Gasteiger partial charge in [0.1, 0.15) is 0 Å². The van der Waals surface area contributed by atoms with E-state index in [-0.39, 0.29) is 21.7 Å². The van der Waals surface area contributed by atoms with Gasteiger partial charge in [-0.2, -0.15) is 26.3 Å². The molecule has 0 saturated heterocycles. The van der Waals surface area contributed by atoms with E-state index in [1.165, 1.54) is 12.1 Å². The van der Waals surface area contributed by atoms with Gasteiger partial charge < -0.3 is 0 Å². The Morgan fingerprint density at radius 3 is 1.93 bits per heavy atom. The quantitative estimate of drug-likeness (QED) is 0.713. The molecule has 1 heterocycles. The summed E-state index contributed by atoms with van der Waals surface area (Å²) in [4.78, 5) is 3.51. The fourth-order valence-corrected chi connectivity index (χ4v) is 3.70. The van der Waals surface area contributed by atoms with Gasteiger partial charge in [-0.25, -0.2) is 13.6 Å². The number of primary sulfonamides is 1. The summed E-state index contributed by atoms with van der Waals surface area (Å²) in [5.41, 5.74) is -0.257. The van der Waals surface area contributed by atoms with Gasteiger partial charge >= 0.3 is 12.4 Å². The zero-order valence-electron chi connectivity index (χ0n) is 14.6. The highest BCUT2D eigenvalue weighted by Crippen LogP contribution is 2.48. The van der Waals surface area contributed by atoms with E-state index in [4.69, 9.17) is 5.14 Å². The number of alkyl halides is 6. The van der Waals surface area contributed by atoms with Gasteiger partial charge in [-0.1, -0.05) is 12.1 Å². The van der Waals surface area contributed by atoms with E-state index >= 15 is 0 Å². The molecule has 0 radical (unpaired) electrons. The first-order chi connectivity index (χ1) is 13.3. The van der Waals surface area contributed by atoms with Gasteiger partial charge in [0.15, 0.2) is 0 Å². The number of hydrogen-bond acceptors (Lipinski definition) is 3. The van der Waals surface area contributed by atoms with Crippen LogP contribution in [0, 0.1) is 5.92 Å². The smallest absolute Gasteiger partial charge is 0.256 e. The molecule has 2 N–H and O–H groups in total. The summed E-state index contributed by atoms with van der Waals surface area (Å²) in [6.45, 7) is 0. The maximum absolute atomic E-state index is 13.3. The van der Waals surface area contributed by atoms with Crippen LogP contribution in [0.3, 0.4) is 0 Å². The van der Waals surface area contributed by atoms with Crippen LogP contribution in [0.25, 0.3) is 11.1 Å². The van der Waals surface area contributed by atoms with Crippen LogP contribution in [-0.2, 0) is 16.2 Å². The molecule has 0 amide bonds. The van der Waals surface area contributed by atoms with E-state index in [2.05, 4.69) is 4.98 Å². The number of sulfonamides is 1. The standard InChI is InChI=1S/C18H14F6N2O2S/c19-17(20,21)11-3-6-16(26-9-11)15-8-12(18(22,23)24)7-14(15)10-1-4-13(5-2-10)29(25,27)28/h1-6,9,12H,7-8H2,(H2,25,27,28). The van der Waals surface area contributed by atoms with Crippen LogP contribution < -0.4 is 5.14 Å². The van der Waals surface area contributed by atoms with Crippen molar-refractivity contribution in [1.29, 1.82) is 0 Å². The van der Waals surface area contributed by atoms with Gasteiger partial charge in [0.25, 0.3) is 0 Å². The molecule has 0 spiro atoms.